The Labute approximate surface area is 192 Å². The Balaban J connectivity index is 1.44. The molecule has 10 heteroatoms. The van der Waals surface area contributed by atoms with Crippen molar-refractivity contribution < 1.29 is 27.6 Å². The molecule has 0 unspecified atom stereocenters. The van der Waals surface area contributed by atoms with E-state index in [1.54, 1.807) is 47.8 Å². The smallest absolute Gasteiger partial charge is 0.387 e. The number of anilines is 1. The summed E-state index contributed by atoms with van der Waals surface area (Å²) in [4.78, 5) is 17.1. The van der Waals surface area contributed by atoms with Crippen molar-refractivity contribution >= 4 is 22.4 Å². The Morgan fingerprint density at radius 2 is 2.00 bits per heavy atom. The van der Waals surface area contributed by atoms with Crippen LogP contribution < -0.4 is 14.8 Å². The van der Waals surface area contributed by atoms with E-state index in [1.165, 1.54) is 17.4 Å². The van der Waals surface area contributed by atoms with Gasteiger partial charge in [-0.15, -0.1) is 11.3 Å². The van der Waals surface area contributed by atoms with Crippen LogP contribution in [0.15, 0.2) is 58.4 Å². The summed E-state index contributed by atoms with van der Waals surface area (Å²) in [6.45, 7) is 0.959. The molecule has 0 fully saturated rings. The van der Waals surface area contributed by atoms with E-state index in [2.05, 4.69) is 20.2 Å². The molecular weight excluding hydrogens is 452 g/mol. The number of aromatic nitrogens is 2. The second kappa shape index (κ2) is 9.78. The predicted octanol–water partition coefficient (Wildman–Crippen LogP) is 5.85. The van der Waals surface area contributed by atoms with Gasteiger partial charge in [0.1, 0.15) is 23.9 Å². The molecule has 2 aromatic carbocycles. The van der Waals surface area contributed by atoms with E-state index >= 15 is 0 Å². The van der Waals surface area contributed by atoms with Gasteiger partial charge in [0.15, 0.2) is 5.13 Å². The number of thiazole rings is 1. The van der Waals surface area contributed by atoms with E-state index in [1.807, 2.05) is 13.8 Å². The number of alkyl halides is 2. The van der Waals surface area contributed by atoms with Gasteiger partial charge >= 0.3 is 6.61 Å². The van der Waals surface area contributed by atoms with Crippen molar-refractivity contribution in [3.8, 4) is 22.8 Å². The Kier molecular flexibility index (Phi) is 6.64. The average Bonchev–Trinajstić information content (AvgIpc) is 3.38. The number of nitrogens with one attached hydrogen (secondary N) is 1. The van der Waals surface area contributed by atoms with Crippen LogP contribution in [0.2, 0.25) is 0 Å². The number of benzene rings is 2. The Morgan fingerprint density at radius 3 is 2.76 bits per heavy atom. The molecule has 0 atom stereocenters. The summed E-state index contributed by atoms with van der Waals surface area (Å²) in [5.41, 5.74) is 2.81. The van der Waals surface area contributed by atoms with Crippen molar-refractivity contribution in [2.75, 3.05) is 5.32 Å². The highest BCUT2D eigenvalue weighted by Crippen LogP contribution is 2.33. The van der Waals surface area contributed by atoms with Crippen LogP contribution in [0.3, 0.4) is 0 Å². The van der Waals surface area contributed by atoms with Crippen LogP contribution in [0.25, 0.3) is 11.3 Å². The number of amides is 1. The average molecular weight is 471 g/mol. The van der Waals surface area contributed by atoms with Crippen molar-refractivity contribution in [1.82, 2.24) is 10.1 Å². The largest absolute Gasteiger partial charge is 0.489 e. The fourth-order valence-corrected chi connectivity index (χ4v) is 3.80. The molecule has 170 valence electrons. The van der Waals surface area contributed by atoms with Gasteiger partial charge < -0.3 is 14.0 Å². The molecule has 0 aliphatic heterocycles. The molecule has 7 nitrogen and oxygen atoms in total. The number of aryl methyl sites for hydroxylation is 2. The number of para-hydroxylation sites is 1. The lowest BCUT2D eigenvalue weighted by Crippen LogP contribution is -2.12. The second-order valence-electron chi connectivity index (χ2n) is 6.99. The normalized spacial score (nSPS) is 10.9. The molecule has 2 heterocycles. The highest BCUT2D eigenvalue weighted by atomic mass is 32.1. The standard InChI is InChI=1S/C23H19F2N3O4S/c1-13-18(14(2)32-28-13)11-30-16-7-5-6-15(10-16)21(29)27-23-26-19(12-33-23)17-8-3-4-9-20(17)31-22(24)25/h3-10,12,22H,11H2,1-2H3,(H,26,27,29). The van der Waals surface area contributed by atoms with Gasteiger partial charge in [-0.3, -0.25) is 10.1 Å². The van der Waals surface area contributed by atoms with E-state index in [4.69, 9.17) is 9.26 Å². The molecule has 0 saturated carbocycles. The first-order valence-corrected chi connectivity index (χ1v) is 10.7. The number of nitrogens with zero attached hydrogens (tertiary/aromatic N) is 2. The zero-order valence-corrected chi connectivity index (χ0v) is 18.5. The van der Waals surface area contributed by atoms with Gasteiger partial charge in [-0.25, -0.2) is 4.98 Å². The van der Waals surface area contributed by atoms with Gasteiger partial charge in [-0.05, 0) is 44.2 Å². The molecule has 4 rings (SSSR count). The number of hydrogen-bond donors (Lipinski definition) is 1. The fourth-order valence-electron chi connectivity index (χ4n) is 3.09. The van der Waals surface area contributed by atoms with Crippen LogP contribution in [-0.4, -0.2) is 22.7 Å². The minimum Gasteiger partial charge on any atom is -0.489 e. The summed E-state index contributed by atoms with van der Waals surface area (Å²) in [5, 5.41) is 8.60. The molecule has 0 saturated heterocycles. The first-order chi connectivity index (χ1) is 15.9. The van der Waals surface area contributed by atoms with E-state index in [-0.39, 0.29) is 18.3 Å². The van der Waals surface area contributed by atoms with Gasteiger partial charge in [-0.2, -0.15) is 8.78 Å². The van der Waals surface area contributed by atoms with Gasteiger partial charge in [0.2, 0.25) is 0 Å². The summed E-state index contributed by atoms with van der Waals surface area (Å²) < 4.78 is 40.8. The van der Waals surface area contributed by atoms with Gasteiger partial charge in [-0.1, -0.05) is 23.4 Å². The van der Waals surface area contributed by atoms with Crippen LogP contribution in [0.1, 0.15) is 27.4 Å². The van der Waals surface area contributed by atoms with Gasteiger partial charge in [0.05, 0.1) is 17.0 Å². The van der Waals surface area contributed by atoms with Crippen LogP contribution in [0.4, 0.5) is 13.9 Å². The number of carbonyl (C=O) groups is 1. The minimum absolute atomic E-state index is 0.0128. The quantitative estimate of drug-likeness (QED) is 0.347. The fraction of sp³-hybridized carbons (Fsp3) is 0.174. The third kappa shape index (κ3) is 5.35. The number of halogens is 2. The molecule has 0 spiro atoms. The van der Waals surface area contributed by atoms with E-state index in [0.717, 1.165) is 11.3 Å². The molecule has 33 heavy (non-hydrogen) atoms. The lowest BCUT2D eigenvalue weighted by molar-refractivity contribution is -0.0494. The number of carbonyl (C=O) groups excluding carboxylic acids is 1. The minimum atomic E-state index is -2.95. The van der Waals surface area contributed by atoms with Crippen molar-refractivity contribution in [3.05, 3.63) is 76.5 Å². The summed E-state index contributed by atoms with van der Waals surface area (Å²) in [5.74, 6) is 0.830. The highest BCUT2D eigenvalue weighted by Gasteiger charge is 2.16. The molecule has 0 aliphatic rings. The zero-order chi connectivity index (χ0) is 23.4. The Morgan fingerprint density at radius 1 is 1.18 bits per heavy atom. The molecule has 0 bridgehead atoms. The van der Waals surface area contributed by atoms with E-state index in [0.29, 0.717) is 33.5 Å². The van der Waals surface area contributed by atoms with Crippen molar-refractivity contribution in [3.63, 3.8) is 0 Å². The van der Waals surface area contributed by atoms with E-state index in [9.17, 15) is 13.6 Å². The van der Waals surface area contributed by atoms with Crippen LogP contribution in [0, 0.1) is 13.8 Å². The molecule has 1 amide bonds. The summed E-state index contributed by atoms with van der Waals surface area (Å²) in [6.07, 6.45) is 0. The second-order valence-corrected chi connectivity index (χ2v) is 7.84. The third-order valence-electron chi connectivity index (χ3n) is 4.76. The van der Waals surface area contributed by atoms with Crippen molar-refractivity contribution in [1.29, 1.82) is 0 Å². The first kappa shape index (κ1) is 22.4. The molecule has 0 aliphatic carbocycles. The predicted molar refractivity (Wildman–Crippen MR) is 119 cm³/mol. The van der Waals surface area contributed by atoms with E-state index < -0.39 is 6.61 Å². The summed E-state index contributed by atoms with van der Waals surface area (Å²) in [6, 6.07) is 13.1. The van der Waals surface area contributed by atoms with Gasteiger partial charge in [0.25, 0.3) is 5.91 Å². The Hall–Kier alpha value is -3.79. The maximum atomic E-state index is 12.7. The lowest BCUT2D eigenvalue weighted by atomic mass is 10.1. The summed E-state index contributed by atoms with van der Waals surface area (Å²) >= 11 is 1.18. The molecule has 1 N–H and O–H groups in total. The Bertz CT molecular complexity index is 1250. The maximum Gasteiger partial charge on any atom is 0.387 e. The SMILES string of the molecule is Cc1noc(C)c1COc1cccc(C(=O)Nc2nc(-c3ccccc3OC(F)F)cs2)c1. The van der Waals surface area contributed by atoms with Crippen molar-refractivity contribution in [2.24, 2.45) is 0 Å². The lowest BCUT2D eigenvalue weighted by Gasteiger charge is -2.08. The monoisotopic (exact) mass is 471 g/mol. The zero-order valence-electron chi connectivity index (χ0n) is 17.7. The molecular formula is C23H19F2N3O4S. The third-order valence-corrected chi connectivity index (χ3v) is 5.52. The highest BCUT2D eigenvalue weighted by molar-refractivity contribution is 7.14. The van der Waals surface area contributed by atoms with Crippen molar-refractivity contribution in [2.45, 2.75) is 27.1 Å². The summed E-state index contributed by atoms with van der Waals surface area (Å²) in [7, 11) is 0. The number of ether oxygens (including phenoxy) is 2. The van der Waals surface area contributed by atoms with Crippen LogP contribution in [0.5, 0.6) is 11.5 Å². The number of rotatable bonds is 8. The molecule has 4 aromatic rings. The number of hydrogen-bond acceptors (Lipinski definition) is 7. The topological polar surface area (TPSA) is 86.5 Å². The van der Waals surface area contributed by atoms with Crippen LogP contribution >= 0.6 is 11.3 Å². The molecule has 2 aromatic heterocycles. The van der Waals surface area contributed by atoms with Crippen LogP contribution in [-0.2, 0) is 6.61 Å². The van der Waals surface area contributed by atoms with Gasteiger partial charge in [0, 0.05) is 16.5 Å². The first-order valence-electron chi connectivity index (χ1n) is 9.86. The molecule has 0 radical (unpaired) electrons. The maximum absolute atomic E-state index is 12.7.